The van der Waals surface area contributed by atoms with E-state index in [9.17, 15) is 0 Å². The molecule has 96 valence electrons. The Hall–Kier alpha value is -1.97. The predicted octanol–water partition coefficient (Wildman–Crippen LogP) is 3.15. The van der Waals surface area contributed by atoms with Crippen molar-refractivity contribution in [2.75, 3.05) is 5.73 Å². The zero-order chi connectivity index (χ0) is 13.1. The number of ether oxygens (including phenoxy) is 1. The fraction of sp³-hybridized carbons (Fsp3) is 0.357. The molecule has 0 radical (unpaired) electrons. The van der Waals surface area contributed by atoms with Crippen LogP contribution in [0, 0.1) is 6.92 Å². The number of nitrogens with zero attached hydrogens (tertiary/aromatic N) is 2. The second-order valence-electron chi connectivity index (χ2n) is 4.18. The molecule has 1 heterocycles. The molecule has 2 rings (SSSR count). The minimum Gasteiger partial charge on any atom is -0.437 e. The second-order valence-corrected chi connectivity index (χ2v) is 4.18. The largest absolute Gasteiger partial charge is 0.437 e. The van der Waals surface area contributed by atoms with Crippen molar-refractivity contribution in [1.29, 1.82) is 0 Å². The standard InChI is InChI=1S/C14H19N3O/c1-4-11-8-6-7-9-12(11)18-14-13(15)10(3)16-17(14)5-2/h6-9H,4-5,15H2,1-3H3. The Morgan fingerprint density at radius 1 is 1.28 bits per heavy atom. The lowest BCUT2D eigenvalue weighted by molar-refractivity contribution is 0.415. The molecular weight excluding hydrogens is 226 g/mol. The molecular formula is C14H19N3O. The van der Waals surface area contributed by atoms with Gasteiger partial charge in [0.1, 0.15) is 11.4 Å². The highest BCUT2D eigenvalue weighted by molar-refractivity contribution is 5.54. The molecule has 0 saturated carbocycles. The monoisotopic (exact) mass is 245 g/mol. The summed E-state index contributed by atoms with van der Waals surface area (Å²) in [6.45, 7) is 6.75. The summed E-state index contributed by atoms with van der Waals surface area (Å²) < 4.78 is 7.74. The Bertz CT molecular complexity index is 546. The lowest BCUT2D eigenvalue weighted by Crippen LogP contribution is -2.02. The van der Waals surface area contributed by atoms with Crippen LogP contribution in [0.15, 0.2) is 24.3 Å². The molecule has 1 aromatic heterocycles. The molecule has 2 N–H and O–H groups in total. The molecule has 0 spiro atoms. The second kappa shape index (κ2) is 5.12. The summed E-state index contributed by atoms with van der Waals surface area (Å²) in [5.41, 5.74) is 8.60. The highest BCUT2D eigenvalue weighted by Crippen LogP contribution is 2.31. The van der Waals surface area contributed by atoms with E-state index in [1.165, 1.54) is 5.56 Å². The normalized spacial score (nSPS) is 10.6. The Balaban J connectivity index is 2.39. The van der Waals surface area contributed by atoms with Crippen LogP contribution in [0.1, 0.15) is 25.1 Å². The maximum Gasteiger partial charge on any atom is 0.241 e. The van der Waals surface area contributed by atoms with E-state index >= 15 is 0 Å². The number of para-hydroxylation sites is 1. The first-order chi connectivity index (χ1) is 8.67. The van der Waals surface area contributed by atoms with Crippen molar-refractivity contribution >= 4 is 5.69 Å². The van der Waals surface area contributed by atoms with Gasteiger partial charge in [0.25, 0.3) is 0 Å². The summed E-state index contributed by atoms with van der Waals surface area (Å²) in [5.74, 6) is 1.48. The smallest absolute Gasteiger partial charge is 0.241 e. The molecule has 2 aromatic rings. The maximum absolute atomic E-state index is 6.01. The van der Waals surface area contributed by atoms with Gasteiger partial charge in [-0.15, -0.1) is 0 Å². The highest BCUT2D eigenvalue weighted by Gasteiger charge is 2.14. The Morgan fingerprint density at radius 3 is 2.67 bits per heavy atom. The first-order valence-electron chi connectivity index (χ1n) is 6.26. The fourth-order valence-corrected chi connectivity index (χ4v) is 1.90. The van der Waals surface area contributed by atoms with Crippen molar-refractivity contribution in [3.8, 4) is 11.6 Å². The van der Waals surface area contributed by atoms with E-state index in [-0.39, 0.29) is 0 Å². The van der Waals surface area contributed by atoms with E-state index in [1.54, 1.807) is 4.68 Å². The molecule has 18 heavy (non-hydrogen) atoms. The summed E-state index contributed by atoms with van der Waals surface area (Å²) in [5, 5.41) is 4.35. The molecule has 0 aliphatic carbocycles. The number of aryl methyl sites for hydroxylation is 3. The van der Waals surface area contributed by atoms with Crippen molar-refractivity contribution in [3.05, 3.63) is 35.5 Å². The molecule has 0 fully saturated rings. The van der Waals surface area contributed by atoms with E-state index in [0.29, 0.717) is 11.6 Å². The number of aromatic nitrogens is 2. The van der Waals surface area contributed by atoms with Crippen LogP contribution in [0.5, 0.6) is 11.6 Å². The van der Waals surface area contributed by atoms with Gasteiger partial charge in [-0.2, -0.15) is 5.10 Å². The van der Waals surface area contributed by atoms with Crippen molar-refractivity contribution < 1.29 is 4.74 Å². The molecule has 4 heteroatoms. The van der Waals surface area contributed by atoms with Crippen molar-refractivity contribution in [2.24, 2.45) is 0 Å². The number of anilines is 1. The minimum absolute atomic E-state index is 0.614. The molecule has 0 unspecified atom stereocenters. The van der Waals surface area contributed by atoms with Gasteiger partial charge in [-0.3, -0.25) is 0 Å². The number of nitrogen functional groups attached to an aromatic ring is 1. The third kappa shape index (κ3) is 2.18. The maximum atomic E-state index is 6.01. The van der Waals surface area contributed by atoms with Crippen molar-refractivity contribution in [3.63, 3.8) is 0 Å². The van der Waals surface area contributed by atoms with Gasteiger partial charge in [0.2, 0.25) is 5.88 Å². The third-order valence-corrected chi connectivity index (χ3v) is 2.99. The highest BCUT2D eigenvalue weighted by atomic mass is 16.5. The first kappa shape index (κ1) is 12.5. The molecule has 0 saturated heterocycles. The summed E-state index contributed by atoms with van der Waals surface area (Å²) in [6, 6.07) is 7.99. The zero-order valence-electron chi connectivity index (χ0n) is 11.1. The van der Waals surface area contributed by atoms with Crippen LogP contribution in [0.25, 0.3) is 0 Å². The van der Waals surface area contributed by atoms with E-state index < -0.39 is 0 Å². The summed E-state index contributed by atoms with van der Waals surface area (Å²) in [7, 11) is 0. The van der Waals surface area contributed by atoms with Crippen LogP contribution >= 0.6 is 0 Å². The van der Waals surface area contributed by atoms with Gasteiger partial charge in [-0.25, -0.2) is 4.68 Å². The van der Waals surface area contributed by atoms with E-state index in [4.69, 9.17) is 10.5 Å². The third-order valence-electron chi connectivity index (χ3n) is 2.99. The zero-order valence-corrected chi connectivity index (χ0v) is 11.1. The molecule has 4 nitrogen and oxygen atoms in total. The van der Waals surface area contributed by atoms with Gasteiger partial charge >= 0.3 is 0 Å². The molecule has 0 atom stereocenters. The number of nitrogens with two attached hydrogens (primary N) is 1. The van der Waals surface area contributed by atoms with Crippen molar-refractivity contribution in [1.82, 2.24) is 9.78 Å². The Kier molecular flexibility index (Phi) is 3.55. The number of benzene rings is 1. The average Bonchev–Trinajstić information content (AvgIpc) is 2.67. The van der Waals surface area contributed by atoms with Gasteiger partial charge in [-0.1, -0.05) is 25.1 Å². The summed E-state index contributed by atoms with van der Waals surface area (Å²) in [4.78, 5) is 0. The van der Waals surface area contributed by atoms with Crippen LogP contribution in [0.4, 0.5) is 5.69 Å². The Labute approximate surface area is 107 Å². The molecule has 0 bridgehead atoms. The lowest BCUT2D eigenvalue weighted by atomic mass is 10.1. The van der Waals surface area contributed by atoms with Gasteiger partial charge < -0.3 is 10.5 Å². The van der Waals surface area contributed by atoms with E-state index in [1.807, 2.05) is 32.0 Å². The van der Waals surface area contributed by atoms with E-state index in [0.717, 1.165) is 24.4 Å². The minimum atomic E-state index is 0.614. The molecule has 1 aromatic carbocycles. The van der Waals surface area contributed by atoms with Gasteiger partial charge in [-0.05, 0) is 31.9 Å². The van der Waals surface area contributed by atoms with Crippen LogP contribution < -0.4 is 10.5 Å². The predicted molar refractivity (Wildman–Crippen MR) is 72.9 cm³/mol. The first-order valence-corrected chi connectivity index (χ1v) is 6.26. The van der Waals surface area contributed by atoms with Gasteiger partial charge in [0.15, 0.2) is 0 Å². The van der Waals surface area contributed by atoms with Crippen LogP contribution in [0.2, 0.25) is 0 Å². The summed E-state index contributed by atoms with van der Waals surface area (Å²) >= 11 is 0. The van der Waals surface area contributed by atoms with Crippen LogP contribution in [-0.2, 0) is 13.0 Å². The molecule has 0 aliphatic rings. The van der Waals surface area contributed by atoms with Gasteiger partial charge in [0.05, 0.1) is 5.69 Å². The Morgan fingerprint density at radius 2 is 2.00 bits per heavy atom. The fourth-order valence-electron chi connectivity index (χ4n) is 1.90. The number of rotatable bonds is 4. The SMILES string of the molecule is CCc1ccccc1Oc1c(N)c(C)nn1CC. The molecule has 0 amide bonds. The van der Waals surface area contributed by atoms with Crippen LogP contribution in [-0.4, -0.2) is 9.78 Å². The summed E-state index contributed by atoms with van der Waals surface area (Å²) in [6.07, 6.45) is 0.926. The topological polar surface area (TPSA) is 53.1 Å². The quantitative estimate of drug-likeness (QED) is 0.900. The van der Waals surface area contributed by atoms with Gasteiger partial charge in [0, 0.05) is 6.54 Å². The lowest BCUT2D eigenvalue weighted by Gasteiger charge is -2.11. The molecule has 0 aliphatic heterocycles. The number of hydrogen-bond donors (Lipinski definition) is 1. The van der Waals surface area contributed by atoms with Crippen LogP contribution in [0.3, 0.4) is 0 Å². The van der Waals surface area contributed by atoms with E-state index in [2.05, 4.69) is 18.1 Å². The number of hydrogen-bond acceptors (Lipinski definition) is 3. The van der Waals surface area contributed by atoms with Crippen molar-refractivity contribution in [2.45, 2.75) is 33.7 Å². The average molecular weight is 245 g/mol.